The molecule has 1 aliphatic rings. The molecule has 0 spiro atoms. The summed E-state index contributed by atoms with van der Waals surface area (Å²) in [4.78, 5) is 30.5. The molecule has 0 radical (unpaired) electrons. The van der Waals surface area contributed by atoms with Gasteiger partial charge >= 0.3 is 0 Å². The van der Waals surface area contributed by atoms with Crippen LogP contribution in [0.25, 0.3) is 10.6 Å². The SMILES string of the molecule is O=Cc1ccc(N2CCOCC2)cc1NC(=O)c1csc(-c2cn[nH]c2)n1. The maximum atomic E-state index is 12.6. The number of aromatic amines is 1. The summed E-state index contributed by atoms with van der Waals surface area (Å²) in [5.41, 5.74) is 2.95. The first-order chi connectivity index (χ1) is 13.2. The van der Waals surface area contributed by atoms with Crippen molar-refractivity contribution >= 4 is 34.9 Å². The number of amides is 1. The number of carbonyl (C=O) groups excluding carboxylic acids is 2. The molecule has 1 aliphatic heterocycles. The number of nitrogens with zero attached hydrogens (tertiary/aromatic N) is 3. The molecule has 1 saturated heterocycles. The predicted molar refractivity (Wildman–Crippen MR) is 103 cm³/mol. The van der Waals surface area contributed by atoms with Gasteiger partial charge in [0.1, 0.15) is 10.7 Å². The number of hydrogen-bond acceptors (Lipinski definition) is 7. The van der Waals surface area contributed by atoms with E-state index >= 15 is 0 Å². The normalized spacial score (nSPS) is 14.1. The number of aldehydes is 1. The standard InChI is InChI=1S/C18H17N5O3S/c24-10-12-1-2-14(23-3-5-26-6-4-23)7-15(12)21-17(25)16-11-27-18(22-16)13-8-19-20-9-13/h1-2,7-11H,3-6H2,(H,19,20)(H,21,25). The van der Waals surface area contributed by atoms with Crippen LogP contribution in [0.3, 0.4) is 0 Å². The van der Waals surface area contributed by atoms with Gasteiger partial charge in [0.2, 0.25) is 0 Å². The number of hydrogen-bond donors (Lipinski definition) is 2. The molecule has 1 fully saturated rings. The Bertz CT molecular complexity index is 948. The van der Waals surface area contributed by atoms with Gasteiger partial charge in [0.15, 0.2) is 6.29 Å². The van der Waals surface area contributed by atoms with E-state index in [0.29, 0.717) is 35.2 Å². The highest BCUT2D eigenvalue weighted by atomic mass is 32.1. The maximum Gasteiger partial charge on any atom is 0.275 e. The molecule has 0 aliphatic carbocycles. The fourth-order valence-corrected chi connectivity index (χ4v) is 3.62. The van der Waals surface area contributed by atoms with Crippen LogP contribution in [0.4, 0.5) is 11.4 Å². The maximum absolute atomic E-state index is 12.6. The Morgan fingerprint density at radius 1 is 1.33 bits per heavy atom. The van der Waals surface area contributed by atoms with Crippen molar-refractivity contribution in [1.29, 1.82) is 0 Å². The topological polar surface area (TPSA) is 100 Å². The van der Waals surface area contributed by atoms with Gasteiger partial charge in [-0.3, -0.25) is 14.7 Å². The van der Waals surface area contributed by atoms with Crippen LogP contribution in [0.15, 0.2) is 36.0 Å². The molecule has 8 nitrogen and oxygen atoms in total. The summed E-state index contributed by atoms with van der Waals surface area (Å²) in [5.74, 6) is -0.358. The first-order valence-corrected chi connectivity index (χ1v) is 9.30. The van der Waals surface area contributed by atoms with Gasteiger partial charge in [-0.25, -0.2) is 4.98 Å². The minimum Gasteiger partial charge on any atom is -0.378 e. The number of ether oxygens (including phenoxy) is 1. The fourth-order valence-electron chi connectivity index (χ4n) is 2.84. The van der Waals surface area contributed by atoms with Gasteiger partial charge in [0.25, 0.3) is 5.91 Å². The second-order valence-corrected chi connectivity index (χ2v) is 6.83. The van der Waals surface area contributed by atoms with E-state index in [1.54, 1.807) is 23.8 Å². The number of aromatic nitrogens is 3. The van der Waals surface area contributed by atoms with E-state index in [9.17, 15) is 9.59 Å². The Hall–Kier alpha value is -3.04. The van der Waals surface area contributed by atoms with E-state index in [0.717, 1.165) is 30.6 Å². The first kappa shape index (κ1) is 17.4. The molecule has 4 rings (SSSR count). The van der Waals surface area contributed by atoms with Gasteiger partial charge < -0.3 is 15.0 Å². The van der Waals surface area contributed by atoms with Crippen LogP contribution < -0.4 is 10.2 Å². The van der Waals surface area contributed by atoms with Crippen LogP contribution in [0, 0.1) is 0 Å². The zero-order chi connectivity index (χ0) is 18.6. The minimum absolute atomic E-state index is 0.296. The van der Waals surface area contributed by atoms with Crippen molar-refractivity contribution in [2.45, 2.75) is 0 Å². The lowest BCUT2D eigenvalue weighted by Gasteiger charge is -2.29. The van der Waals surface area contributed by atoms with Crippen LogP contribution in [-0.4, -0.2) is 53.7 Å². The van der Waals surface area contributed by atoms with Crippen molar-refractivity contribution in [3.05, 3.63) is 47.2 Å². The largest absolute Gasteiger partial charge is 0.378 e. The fraction of sp³-hybridized carbons (Fsp3) is 0.222. The molecule has 27 heavy (non-hydrogen) atoms. The minimum atomic E-state index is -0.358. The highest BCUT2D eigenvalue weighted by molar-refractivity contribution is 7.13. The molecule has 0 unspecified atom stereocenters. The average molecular weight is 383 g/mol. The average Bonchev–Trinajstić information content (AvgIpc) is 3.40. The first-order valence-electron chi connectivity index (χ1n) is 8.42. The van der Waals surface area contributed by atoms with Gasteiger partial charge in [-0.15, -0.1) is 11.3 Å². The Morgan fingerprint density at radius 2 is 2.19 bits per heavy atom. The number of thiazole rings is 1. The predicted octanol–water partition coefficient (Wildman–Crippen LogP) is 2.43. The molecule has 3 aromatic rings. The van der Waals surface area contributed by atoms with Crippen LogP contribution in [0.5, 0.6) is 0 Å². The molecule has 0 atom stereocenters. The summed E-state index contributed by atoms with van der Waals surface area (Å²) in [6, 6.07) is 5.41. The zero-order valence-corrected chi connectivity index (χ0v) is 15.2. The molecule has 138 valence electrons. The number of rotatable bonds is 5. The molecular formula is C18H17N5O3S. The number of H-pyrrole nitrogens is 1. The monoisotopic (exact) mass is 383 g/mol. The molecule has 0 bridgehead atoms. The van der Waals surface area contributed by atoms with E-state index < -0.39 is 0 Å². The molecule has 0 saturated carbocycles. The number of benzene rings is 1. The molecule has 1 aromatic carbocycles. The van der Waals surface area contributed by atoms with E-state index in [2.05, 4.69) is 25.4 Å². The Morgan fingerprint density at radius 3 is 2.93 bits per heavy atom. The van der Waals surface area contributed by atoms with Crippen molar-refractivity contribution in [1.82, 2.24) is 15.2 Å². The molecule has 1 amide bonds. The van der Waals surface area contributed by atoms with Crippen molar-refractivity contribution in [2.24, 2.45) is 0 Å². The third kappa shape index (κ3) is 3.74. The van der Waals surface area contributed by atoms with Gasteiger partial charge in [-0.05, 0) is 18.2 Å². The van der Waals surface area contributed by atoms with E-state index in [1.807, 2.05) is 12.1 Å². The van der Waals surface area contributed by atoms with Gasteiger partial charge in [-0.2, -0.15) is 5.10 Å². The summed E-state index contributed by atoms with van der Waals surface area (Å²) < 4.78 is 5.37. The highest BCUT2D eigenvalue weighted by Crippen LogP contribution is 2.26. The Kier molecular flexibility index (Phi) is 4.95. The second-order valence-electron chi connectivity index (χ2n) is 5.97. The van der Waals surface area contributed by atoms with Gasteiger partial charge in [0.05, 0.1) is 25.1 Å². The van der Waals surface area contributed by atoms with Crippen molar-refractivity contribution in [2.75, 3.05) is 36.5 Å². The van der Waals surface area contributed by atoms with Crippen molar-refractivity contribution in [3.63, 3.8) is 0 Å². The van der Waals surface area contributed by atoms with Crippen LogP contribution in [0.1, 0.15) is 20.8 Å². The van der Waals surface area contributed by atoms with Crippen LogP contribution in [0.2, 0.25) is 0 Å². The van der Waals surface area contributed by atoms with Crippen molar-refractivity contribution < 1.29 is 14.3 Å². The Labute approximate surface area is 159 Å². The van der Waals surface area contributed by atoms with E-state index in [1.165, 1.54) is 11.3 Å². The summed E-state index contributed by atoms with van der Waals surface area (Å²) >= 11 is 1.36. The third-order valence-electron chi connectivity index (χ3n) is 4.27. The number of morpholine rings is 1. The lowest BCUT2D eigenvalue weighted by molar-refractivity contribution is 0.102. The lowest BCUT2D eigenvalue weighted by Crippen LogP contribution is -2.36. The summed E-state index contributed by atoms with van der Waals surface area (Å²) in [7, 11) is 0. The van der Waals surface area contributed by atoms with E-state index in [4.69, 9.17) is 4.74 Å². The lowest BCUT2D eigenvalue weighted by atomic mass is 10.1. The second kappa shape index (κ2) is 7.68. The summed E-state index contributed by atoms with van der Waals surface area (Å²) in [6.45, 7) is 2.86. The van der Waals surface area contributed by atoms with Gasteiger partial charge in [0, 0.05) is 41.5 Å². The highest BCUT2D eigenvalue weighted by Gasteiger charge is 2.17. The quantitative estimate of drug-likeness (QED) is 0.657. The van der Waals surface area contributed by atoms with Crippen LogP contribution >= 0.6 is 11.3 Å². The molecule has 2 aromatic heterocycles. The van der Waals surface area contributed by atoms with Crippen molar-refractivity contribution in [3.8, 4) is 10.6 Å². The Balaban J connectivity index is 1.55. The molecule has 2 N–H and O–H groups in total. The smallest absolute Gasteiger partial charge is 0.275 e. The summed E-state index contributed by atoms with van der Waals surface area (Å²) in [5, 5.41) is 11.8. The third-order valence-corrected chi connectivity index (χ3v) is 5.16. The van der Waals surface area contributed by atoms with Gasteiger partial charge in [-0.1, -0.05) is 0 Å². The van der Waals surface area contributed by atoms with Crippen LogP contribution in [-0.2, 0) is 4.74 Å². The zero-order valence-electron chi connectivity index (χ0n) is 14.3. The summed E-state index contributed by atoms with van der Waals surface area (Å²) in [6.07, 6.45) is 4.10. The molecule has 9 heteroatoms. The molecule has 3 heterocycles. The number of carbonyl (C=O) groups is 2. The number of anilines is 2. The number of nitrogens with one attached hydrogen (secondary N) is 2. The van der Waals surface area contributed by atoms with E-state index in [-0.39, 0.29) is 5.91 Å². The molecular weight excluding hydrogens is 366 g/mol.